The van der Waals surface area contributed by atoms with Gasteiger partial charge in [0.15, 0.2) is 0 Å². The lowest BCUT2D eigenvalue weighted by atomic mass is 10.0. The highest BCUT2D eigenvalue weighted by Crippen LogP contribution is 2.24. The van der Waals surface area contributed by atoms with Crippen LogP contribution in [-0.4, -0.2) is 59.0 Å². The van der Waals surface area contributed by atoms with Gasteiger partial charge >= 0.3 is 0 Å². The molecule has 1 aliphatic heterocycles. The number of primary amides is 1. The van der Waals surface area contributed by atoms with Crippen molar-refractivity contribution in [1.82, 2.24) is 9.80 Å². The Morgan fingerprint density at radius 1 is 1.55 bits per heavy atom. The number of hydrogen-bond acceptors (Lipinski definition) is 3. The Balaban J connectivity index is 2.51. The van der Waals surface area contributed by atoms with Gasteiger partial charge < -0.3 is 15.5 Å². The smallest absolute Gasteiger partial charge is 0.240 e. The number of hydrogen-bond donors (Lipinski definition) is 1. The van der Waals surface area contributed by atoms with E-state index in [1.54, 1.807) is 16.8 Å². The second kappa shape index (κ2) is 7.61. The minimum absolute atomic E-state index is 0.0184. The summed E-state index contributed by atoms with van der Waals surface area (Å²) in [5, 5.41) is 0.304. The molecule has 1 aliphatic rings. The van der Waals surface area contributed by atoms with E-state index in [2.05, 4.69) is 15.9 Å². The van der Waals surface area contributed by atoms with Gasteiger partial charge in [-0.15, -0.1) is 0 Å². The minimum Gasteiger partial charge on any atom is -0.368 e. The Labute approximate surface area is 127 Å². The molecule has 7 heteroatoms. The summed E-state index contributed by atoms with van der Waals surface area (Å²) >= 11 is 3.13. The average Bonchev–Trinajstić information content (AvgIpc) is 2.77. The van der Waals surface area contributed by atoms with E-state index in [1.807, 2.05) is 6.92 Å². The van der Waals surface area contributed by atoms with E-state index >= 15 is 0 Å². The van der Waals surface area contributed by atoms with Crippen LogP contribution in [0.15, 0.2) is 0 Å². The van der Waals surface area contributed by atoms with Crippen molar-refractivity contribution in [3.05, 3.63) is 0 Å². The summed E-state index contributed by atoms with van der Waals surface area (Å²) in [5.41, 5.74) is 5.32. The zero-order valence-corrected chi connectivity index (χ0v) is 13.6. The van der Waals surface area contributed by atoms with Crippen molar-refractivity contribution in [1.29, 1.82) is 0 Å². The largest absolute Gasteiger partial charge is 0.368 e. The number of likely N-dealkylation sites (tertiary alicyclic amines) is 1. The Morgan fingerprint density at radius 3 is 2.70 bits per heavy atom. The minimum atomic E-state index is -0.505. The van der Waals surface area contributed by atoms with E-state index in [-0.39, 0.29) is 17.7 Å². The van der Waals surface area contributed by atoms with Crippen LogP contribution in [0.4, 0.5) is 0 Å². The van der Waals surface area contributed by atoms with Gasteiger partial charge in [-0.2, -0.15) is 0 Å². The third kappa shape index (κ3) is 4.19. The van der Waals surface area contributed by atoms with Gasteiger partial charge in [0, 0.05) is 26.6 Å². The number of nitrogens with zero attached hydrogens (tertiary/aromatic N) is 2. The highest BCUT2D eigenvalue weighted by molar-refractivity contribution is 9.09. The van der Waals surface area contributed by atoms with Crippen LogP contribution in [0.3, 0.4) is 0 Å². The van der Waals surface area contributed by atoms with Crippen LogP contribution in [0, 0.1) is 5.92 Å². The maximum absolute atomic E-state index is 12.0. The number of halogens is 1. The van der Waals surface area contributed by atoms with Gasteiger partial charge in [0.25, 0.3) is 0 Å². The van der Waals surface area contributed by atoms with E-state index in [0.717, 1.165) is 6.42 Å². The molecule has 0 spiro atoms. The van der Waals surface area contributed by atoms with E-state index < -0.39 is 11.9 Å². The average molecular weight is 348 g/mol. The van der Waals surface area contributed by atoms with Crippen molar-refractivity contribution < 1.29 is 14.4 Å². The molecule has 1 rings (SSSR count). The van der Waals surface area contributed by atoms with Gasteiger partial charge in [0.1, 0.15) is 6.04 Å². The molecule has 1 heterocycles. The number of amides is 3. The Morgan fingerprint density at radius 2 is 2.20 bits per heavy atom. The molecule has 0 aliphatic carbocycles. The first-order chi connectivity index (χ1) is 9.40. The molecule has 114 valence electrons. The maximum atomic E-state index is 12.0. The number of carbonyl (C=O) groups excluding carboxylic acids is 3. The van der Waals surface area contributed by atoms with E-state index in [1.165, 1.54) is 0 Å². The molecule has 0 aromatic carbocycles. The lowest BCUT2D eigenvalue weighted by Gasteiger charge is -2.24. The normalized spacial score (nSPS) is 20.1. The van der Waals surface area contributed by atoms with Crippen molar-refractivity contribution in [3.8, 4) is 0 Å². The lowest BCUT2D eigenvalue weighted by molar-refractivity contribution is -0.136. The second-order valence-corrected chi connectivity index (χ2v) is 5.74. The maximum Gasteiger partial charge on any atom is 0.240 e. The van der Waals surface area contributed by atoms with Crippen molar-refractivity contribution in [2.75, 3.05) is 25.5 Å². The fourth-order valence-corrected chi connectivity index (χ4v) is 2.91. The van der Waals surface area contributed by atoms with Gasteiger partial charge in [0.05, 0.1) is 5.33 Å². The molecule has 0 saturated carbocycles. The van der Waals surface area contributed by atoms with Gasteiger partial charge in [-0.05, 0) is 18.8 Å². The van der Waals surface area contributed by atoms with Gasteiger partial charge in [0.2, 0.25) is 17.7 Å². The number of rotatable bonds is 7. The summed E-state index contributed by atoms with van der Waals surface area (Å²) in [6, 6.07) is -0.505. The second-order valence-electron chi connectivity index (χ2n) is 5.18. The molecule has 1 saturated heterocycles. The molecule has 1 fully saturated rings. The van der Waals surface area contributed by atoms with Crippen molar-refractivity contribution >= 4 is 33.7 Å². The number of nitrogens with two attached hydrogens (primary N) is 1. The molecular weight excluding hydrogens is 326 g/mol. The number of alkyl halides is 1. The van der Waals surface area contributed by atoms with Crippen LogP contribution in [0.25, 0.3) is 0 Å². The Bertz CT molecular complexity index is 389. The van der Waals surface area contributed by atoms with Gasteiger partial charge in [-0.3, -0.25) is 14.4 Å². The summed E-state index contributed by atoms with van der Waals surface area (Å²) < 4.78 is 0. The first kappa shape index (κ1) is 16.9. The molecule has 2 N–H and O–H groups in total. The summed E-state index contributed by atoms with van der Waals surface area (Å²) in [5.74, 6) is -0.264. The van der Waals surface area contributed by atoms with Crippen LogP contribution in [0.1, 0.15) is 26.2 Å². The van der Waals surface area contributed by atoms with Crippen molar-refractivity contribution in [2.45, 2.75) is 32.2 Å². The molecule has 3 amide bonds. The monoisotopic (exact) mass is 347 g/mol. The molecule has 1 unspecified atom stereocenters. The third-order valence-electron chi connectivity index (χ3n) is 3.74. The molecule has 0 aromatic rings. The highest BCUT2D eigenvalue weighted by atomic mass is 79.9. The summed E-state index contributed by atoms with van der Waals surface area (Å²) in [4.78, 5) is 37.9. The SMILES string of the molecule is CC[C@@H](C(N)=O)N1CC(CCN(C)C(=O)CBr)CC1=O. The van der Waals surface area contributed by atoms with Crippen LogP contribution in [-0.2, 0) is 14.4 Å². The van der Waals surface area contributed by atoms with Gasteiger partial charge in [-0.1, -0.05) is 22.9 Å². The highest BCUT2D eigenvalue weighted by Gasteiger charge is 2.35. The fourth-order valence-electron chi connectivity index (χ4n) is 2.48. The number of carbonyl (C=O) groups is 3. The quantitative estimate of drug-likeness (QED) is 0.674. The fraction of sp³-hybridized carbons (Fsp3) is 0.769. The van der Waals surface area contributed by atoms with E-state index in [9.17, 15) is 14.4 Å². The molecule has 6 nitrogen and oxygen atoms in total. The van der Waals surface area contributed by atoms with Crippen LogP contribution in [0.2, 0.25) is 0 Å². The zero-order chi connectivity index (χ0) is 15.3. The van der Waals surface area contributed by atoms with Crippen molar-refractivity contribution in [3.63, 3.8) is 0 Å². The standard InChI is InChI=1S/C13H22BrN3O3/c1-3-10(13(15)20)17-8-9(6-11(17)18)4-5-16(2)12(19)7-14/h9-10H,3-8H2,1-2H3,(H2,15,20)/t9?,10-/m0/s1. The summed E-state index contributed by atoms with van der Waals surface area (Å²) in [6.07, 6.45) is 1.72. The molecule has 0 aromatic heterocycles. The predicted molar refractivity (Wildman–Crippen MR) is 79.1 cm³/mol. The Kier molecular flexibility index (Phi) is 6.45. The molecule has 20 heavy (non-hydrogen) atoms. The van der Waals surface area contributed by atoms with Crippen LogP contribution >= 0.6 is 15.9 Å². The van der Waals surface area contributed by atoms with Crippen LogP contribution < -0.4 is 5.73 Å². The Hall–Kier alpha value is -1.11. The van der Waals surface area contributed by atoms with Crippen molar-refractivity contribution in [2.24, 2.45) is 11.7 Å². The first-order valence-electron chi connectivity index (χ1n) is 6.79. The molecule has 2 atom stereocenters. The van der Waals surface area contributed by atoms with Gasteiger partial charge in [-0.25, -0.2) is 0 Å². The van der Waals surface area contributed by atoms with E-state index in [0.29, 0.717) is 31.3 Å². The summed E-state index contributed by atoms with van der Waals surface area (Å²) in [6.45, 7) is 3.01. The topological polar surface area (TPSA) is 83.7 Å². The molecule has 0 bridgehead atoms. The molecular formula is C13H22BrN3O3. The zero-order valence-electron chi connectivity index (χ0n) is 12.0. The lowest BCUT2D eigenvalue weighted by Crippen LogP contribution is -2.45. The molecule has 0 radical (unpaired) electrons. The summed E-state index contributed by atoms with van der Waals surface area (Å²) in [7, 11) is 1.75. The third-order valence-corrected chi connectivity index (χ3v) is 4.22. The van der Waals surface area contributed by atoms with Crippen LogP contribution in [0.5, 0.6) is 0 Å². The predicted octanol–water partition coefficient (Wildman–Crippen LogP) is 0.342. The van der Waals surface area contributed by atoms with E-state index in [4.69, 9.17) is 5.73 Å². The first-order valence-corrected chi connectivity index (χ1v) is 7.91.